The Balaban J connectivity index is 2.95. The quantitative estimate of drug-likeness (QED) is 0.691. The molecule has 0 bridgehead atoms. The number of rotatable bonds is 5. The Morgan fingerprint density at radius 3 is 2.47 bits per heavy atom. The molecule has 0 saturated heterocycles. The maximum absolute atomic E-state index is 11.0. The molecule has 1 aromatic rings. The van der Waals surface area contributed by atoms with Crippen LogP contribution < -0.4 is 16.8 Å². The van der Waals surface area contributed by atoms with Crippen LogP contribution >= 0.6 is 12.2 Å². The maximum atomic E-state index is 11.0. The van der Waals surface area contributed by atoms with Crippen molar-refractivity contribution in [2.24, 2.45) is 11.5 Å². The number of hydrogen-bond donors (Lipinski definition) is 3. The highest BCUT2D eigenvalue weighted by atomic mass is 32.1. The average molecular weight is 251 g/mol. The Hall–Kier alpha value is -1.62. The van der Waals surface area contributed by atoms with Crippen molar-refractivity contribution < 1.29 is 4.79 Å². The van der Waals surface area contributed by atoms with E-state index < -0.39 is 5.54 Å². The minimum Gasteiger partial charge on any atom is -0.389 e. The van der Waals surface area contributed by atoms with Gasteiger partial charge >= 0.3 is 0 Å². The predicted molar refractivity (Wildman–Crippen MR) is 73.8 cm³/mol. The van der Waals surface area contributed by atoms with Gasteiger partial charge in [0.05, 0.1) is 0 Å². The van der Waals surface area contributed by atoms with Crippen LogP contribution in [0.3, 0.4) is 0 Å². The number of nitrogens with two attached hydrogens (primary N) is 2. The van der Waals surface area contributed by atoms with E-state index in [0.717, 1.165) is 11.3 Å². The van der Waals surface area contributed by atoms with E-state index in [1.165, 1.54) is 0 Å². The minimum absolute atomic E-state index is 0.235. The number of hydrogen-bond acceptors (Lipinski definition) is 3. The average Bonchev–Trinajstić information content (AvgIpc) is 2.14. The van der Waals surface area contributed by atoms with Crippen molar-refractivity contribution in [3.05, 3.63) is 29.8 Å². The first kappa shape index (κ1) is 13.4. The Kier molecular flexibility index (Phi) is 4.07. The molecule has 0 radical (unpaired) electrons. The third kappa shape index (κ3) is 4.03. The molecule has 0 saturated carbocycles. The van der Waals surface area contributed by atoms with E-state index in [2.05, 4.69) is 5.32 Å². The lowest BCUT2D eigenvalue weighted by Crippen LogP contribution is -2.36. The van der Waals surface area contributed by atoms with Crippen molar-refractivity contribution in [1.29, 1.82) is 0 Å². The standard InChI is InChI=1S/C12H17N3OS/c1-12(2,7-10(13)16)15-9-6-4-3-5-8(9)11(14)17/h3-6,15H,7H2,1-2H3,(H2,13,16)(H2,14,17). The number of anilines is 1. The molecule has 17 heavy (non-hydrogen) atoms. The summed E-state index contributed by atoms with van der Waals surface area (Å²) in [5.41, 5.74) is 12.0. The first-order chi connectivity index (χ1) is 7.82. The molecule has 0 fully saturated rings. The van der Waals surface area contributed by atoms with Crippen LogP contribution in [-0.2, 0) is 4.79 Å². The zero-order valence-electron chi connectivity index (χ0n) is 9.99. The molecule has 5 N–H and O–H groups in total. The molecule has 0 unspecified atom stereocenters. The summed E-state index contributed by atoms with van der Waals surface area (Å²) >= 11 is 4.97. The number of para-hydroxylation sites is 1. The fraction of sp³-hybridized carbons (Fsp3) is 0.333. The second kappa shape index (κ2) is 5.14. The summed E-state index contributed by atoms with van der Waals surface area (Å²) in [6.07, 6.45) is 0.235. The van der Waals surface area contributed by atoms with E-state index in [9.17, 15) is 4.79 Å². The summed E-state index contributed by atoms with van der Waals surface area (Å²) in [4.78, 5) is 11.3. The van der Waals surface area contributed by atoms with Crippen LogP contribution in [0.4, 0.5) is 5.69 Å². The highest BCUT2D eigenvalue weighted by molar-refractivity contribution is 7.80. The van der Waals surface area contributed by atoms with Gasteiger partial charge in [0.25, 0.3) is 0 Å². The van der Waals surface area contributed by atoms with Crippen molar-refractivity contribution in [2.45, 2.75) is 25.8 Å². The lowest BCUT2D eigenvalue weighted by molar-refractivity contribution is -0.118. The van der Waals surface area contributed by atoms with Crippen molar-refractivity contribution in [1.82, 2.24) is 0 Å². The highest BCUT2D eigenvalue weighted by Gasteiger charge is 2.21. The fourth-order valence-corrected chi connectivity index (χ4v) is 1.83. The van der Waals surface area contributed by atoms with Crippen LogP contribution in [0.25, 0.3) is 0 Å². The van der Waals surface area contributed by atoms with Gasteiger partial charge in [0.1, 0.15) is 4.99 Å². The van der Waals surface area contributed by atoms with Crippen LogP contribution in [0.5, 0.6) is 0 Å². The number of carbonyl (C=O) groups is 1. The number of benzene rings is 1. The summed E-state index contributed by atoms with van der Waals surface area (Å²) in [6.45, 7) is 3.79. The number of amides is 1. The van der Waals surface area contributed by atoms with Gasteiger partial charge in [-0.05, 0) is 26.0 Å². The van der Waals surface area contributed by atoms with E-state index >= 15 is 0 Å². The Bertz CT molecular complexity index is 443. The minimum atomic E-state index is -0.438. The zero-order chi connectivity index (χ0) is 13.1. The van der Waals surface area contributed by atoms with Crippen LogP contribution in [0.1, 0.15) is 25.8 Å². The molecule has 0 aliphatic rings. The van der Waals surface area contributed by atoms with Gasteiger partial charge in [-0.1, -0.05) is 24.4 Å². The molecule has 0 spiro atoms. The van der Waals surface area contributed by atoms with Crippen molar-refractivity contribution in [3.63, 3.8) is 0 Å². The third-order valence-corrected chi connectivity index (χ3v) is 2.50. The molecule has 5 heteroatoms. The summed E-state index contributed by atoms with van der Waals surface area (Å²) in [5, 5.41) is 3.23. The van der Waals surface area contributed by atoms with E-state index in [1.54, 1.807) is 0 Å². The van der Waals surface area contributed by atoms with E-state index in [1.807, 2.05) is 38.1 Å². The Morgan fingerprint density at radius 1 is 1.35 bits per heavy atom. The summed E-state index contributed by atoms with van der Waals surface area (Å²) < 4.78 is 0. The SMILES string of the molecule is CC(C)(CC(N)=O)Nc1ccccc1C(N)=S. The summed E-state index contributed by atoms with van der Waals surface area (Å²) in [7, 11) is 0. The number of thiocarbonyl (C=S) groups is 1. The van der Waals surface area contributed by atoms with Gasteiger partial charge in [-0.25, -0.2) is 0 Å². The second-order valence-corrected chi connectivity index (χ2v) is 5.00. The molecule has 92 valence electrons. The van der Waals surface area contributed by atoms with Gasteiger partial charge in [-0.2, -0.15) is 0 Å². The van der Waals surface area contributed by atoms with Gasteiger partial charge in [-0.3, -0.25) is 4.79 Å². The van der Waals surface area contributed by atoms with Crippen molar-refractivity contribution in [3.8, 4) is 0 Å². The van der Waals surface area contributed by atoms with Crippen LogP contribution in [0.2, 0.25) is 0 Å². The van der Waals surface area contributed by atoms with Crippen molar-refractivity contribution in [2.75, 3.05) is 5.32 Å². The molecule has 0 heterocycles. The molecule has 0 aliphatic carbocycles. The lowest BCUT2D eigenvalue weighted by atomic mass is 9.99. The smallest absolute Gasteiger partial charge is 0.219 e. The first-order valence-corrected chi connectivity index (χ1v) is 5.68. The molecule has 4 nitrogen and oxygen atoms in total. The predicted octanol–water partition coefficient (Wildman–Crippen LogP) is 1.39. The summed E-state index contributed by atoms with van der Waals surface area (Å²) in [5.74, 6) is -0.352. The molecule has 1 amide bonds. The van der Waals surface area contributed by atoms with Crippen molar-refractivity contribution >= 4 is 28.8 Å². The van der Waals surface area contributed by atoms with Crippen LogP contribution in [0.15, 0.2) is 24.3 Å². The highest BCUT2D eigenvalue weighted by Crippen LogP contribution is 2.21. The number of carbonyl (C=O) groups excluding carboxylic acids is 1. The topological polar surface area (TPSA) is 81.1 Å². The molecule has 0 aliphatic heterocycles. The largest absolute Gasteiger partial charge is 0.389 e. The molecule has 0 atom stereocenters. The van der Waals surface area contributed by atoms with Crippen LogP contribution in [0, 0.1) is 0 Å². The van der Waals surface area contributed by atoms with Gasteiger partial charge in [-0.15, -0.1) is 0 Å². The summed E-state index contributed by atoms with van der Waals surface area (Å²) in [6, 6.07) is 7.45. The normalized spacial score (nSPS) is 10.9. The Morgan fingerprint density at radius 2 is 1.94 bits per heavy atom. The van der Waals surface area contributed by atoms with Gasteiger partial charge in [0.2, 0.25) is 5.91 Å². The van der Waals surface area contributed by atoms with E-state index in [4.69, 9.17) is 23.7 Å². The second-order valence-electron chi connectivity index (χ2n) is 4.56. The number of nitrogens with one attached hydrogen (secondary N) is 1. The third-order valence-electron chi connectivity index (χ3n) is 2.28. The molecular weight excluding hydrogens is 234 g/mol. The van der Waals surface area contributed by atoms with Gasteiger partial charge < -0.3 is 16.8 Å². The monoisotopic (exact) mass is 251 g/mol. The molecule has 0 aromatic heterocycles. The number of primary amides is 1. The lowest BCUT2D eigenvalue weighted by Gasteiger charge is -2.27. The fourth-order valence-electron chi connectivity index (χ4n) is 1.65. The van der Waals surface area contributed by atoms with Gasteiger partial charge in [0, 0.05) is 23.2 Å². The van der Waals surface area contributed by atoms with E-state index in [0.29, 0.717) is 4.99 Å². The zero-order valence-corrected chi connectivity index (χ0v) is 10.8. The molecule has 1 aromatic carbocycles. The van der Waals surface area contributed by atoms with Gasteiger partial charge in [0.15, 0.2) is 0 Å². The molecular formula is C12H17N3OS. The first-order valence-electron chi connectivity index (χ1n) is 5.27. The Labute approximate surface area is 106 Å². The molecule has 1 rings (SSSR count). The maximum Gasteiger partial charge on any atom is 0.219 e. The van der Waals surface area contributed by atoms with Crippen LogP contribution in [-0.4, -0.2) is 16.4 Å². The van der Waals surface area contributed by atoms with E-state index in [-0.39, 0.29) is 12.3 Å².